The highest BCUT2D eigenvalue weighted by molar-refractivity contribution is 5.72. The maximum atomic E-state index is 5.90. The third kappa shape index (κ3) is 1.82. The number of anilines is 1. The number of H-pyrrole nitrogens is 1. The Hall–Kier alpha value is -2.69. The summed E-state index contributed by atoms with van der Waals surface area (Å²) in [5.41, 5.74) is 8.35. The van der Waals surface area contributed by atoms with E-state index in [1.807, 2.05) is 36.4 Å². The summed E-state index contributed by atoms with van der Waals surface area (Å²) in [6, 6.07) is 11.3. The molecule has 5 heteroatoms. The fourth-order valence-electron chi connectivity index (χ4n) is 1.73. The number of nitrogens with two attached hydrogens (primary N) is 1. The van der Waals surface area contributed by atoms with E-state index in [-0.39, 0.29) is 0 Å². The summed E-state index contributed by atoms with van der Waals surface area (Å²) in [4.78, 5) is 8.40. The fourth-order valence-corrected chi connectivity index (χ4v) is 1.73. The van der Waals surface area contributed by atoms with Gasteiger partial charge in [0.1, 0.15) is 0 Å². The number of benzene rings is 1. The number of hydrogen-bond acceptors (Lipinski definition) is 4. The molecular weight excluding hydrogens is 226 g/mol. The lowest BCUT2D eigenvalue weighted by atomic mass is 10.2. The molecule has 5 nitrogen and oxygen atoms in total. The van der Waals surface area contributed by atoms with E-state index in [9.17, 15) is 0 Å². The molecule has 0 aliphatic heterocycles. The Bertz CT molecular complexity index is 660. The largest absolute Gasteiger partial charge is 0.398 e. The summed E-state index contributed by atoms with van der Waals surface area (Å²) < 4.78 is 0. The van der Waals surface area contributed by atoms with Gasteiger partial charge < -0.3 is 5.73 Å². The summed E-state index contributed by atoms with van der Waals surface area (Å²) in [6.07, 6.45) is 3.42. The molecule has 0 saturated carbocycles. The van der Waals surface area contributed by atoms with Crippen LogP contribution in [0.2, 0.25) is 0 Å². The van der Waals surface area contributed by atoms with Gasteiger partial charge in [-0.25, -0.2) is 4.98 Å². The van der Waals surface area contributed by atoms with E-state index in [4.69, 9.17) is 5.73 Å². The SMILES string of the molecule is Nc1ccccc1-c1nc(-c2ccncc2)n[nH]1. The number of pyridine rings is 1. The first-order valence-corrected chi connectivity index (χ1v) is 5.52. The molecule has 0 fully saturated rings. The third-order valence-corrected chi connectivity index (χ3v) is 2.64. The summed E-state index contributed by atoms with van der Waals surface area (Å²) >= 11 is 0. The highest BCUT2D eigenvalue weighted by Crippen LogP contribution is 2.23. The molecular formula is C13H11N5. The minimum absolute atomic E-state index is 0.635. The number of hydrogen-bond donors (Lipinski definition) is 2. The predicted octanol–water partition coefficient (Wildman–Crippen LogP) is 2.12. The van der Waals surface area contributed by atoms with Crippen molar-refractivity contribution in [3.8, 4) is 22.8 Å². The Morgan fingerprint density at radius 1 is 1.00 bits per heavy atom. The normalized spacial score (nSPS) is 10.4. The van der Waals surface area contributed by atoms with Crippen molar-refractivity contribution in [1.29, 1.82) is 0 Å². The zero-order chi connectivity index (χ0) is 12.4. The smallest absolute Gasteiger partial charge is 0.181 e. The van der Waals surface area contributed by atoms with Gasteiger partial charge in [-0.3, -0.25) is 10.1 Å². The van der Waals surface area contributed by atoms with E-state index in [2.05, 4.69) is 20.2 Å². The first-order chi connectivity index (χ1) is 8.84. The Morgan fingerprint density at radius 3 is 2.56 bits per heavy atom. The number of para-hydroxylation sites is 1. The average molecular weight is 237 g/mol. The number of nitrogens with zero attached hydrogens (tertiary/aromatic N) is 3. The van der Waals surface area contributed by atoms with Gasteiger partial charge in [0.25, 0.3) is 0 Å². The van der Waals surface area contributed by atoms with Gasteiger partial charge in [0.15, 0.2) is 11.6 Å². The molecule has 1 aromatic carbocycles. The Balaban J connectivity index is 2.03. The second-order valence-corrected chi connectivity index (χ2v) is 3.83. The van der Waals surface area contributed by atoms with Gasteiger partial charge in [-0.1, -0.05) is 12.1 Å². The molecule has 3 aromatic rings. The van der Waals surface area contributed by atoms with Crippen molar-refractivity contribution in [3.63, 3.8) is 0 Å². The molecule has 0 unspecified atom stereocenters. The minimum atomic E-state index is 0.635. The highest BCUT2D eigenvalue weighted by atomic mass is 15.2. The van der Waals surface area contributed by atoms with Crippen LogP contribution >= 0.6 is 0 Å². The molecule has 0 aliphatic rings. The summed E-state index contributed by atoms with van der Waals surface area (Å²) in [5.74, 6) is 1.30. The van der Waals surface area contributed by atoms with Crippen LogP contribution in [-0.2, 0) is 0 Å². The van der Waals surface area contributed by atoms with Crippen molar-refractivity contribution in [2.45, 2.75) is 0 Å². The van der Waals surface area contributed by atoms with Crippen LogP contribution in [0.25, 0.3) is 22.8 Å². The first kappa shape index (κ1) is 10.5. The third-order valence-electron chi connectivity index (χ3n) is 2.64. The van der Waals surface area contributed by atoms with Crippen LogP contribution in [-0.4, -0.2) is 20.2 Å². The lowest BCUT2D eigenvalue weighted by Crippen LogP contribution is -1.90. The highest BCUT2D eigenvalue weighted by Gasteiger charge is 2.09. The Kier molecular flexibility index (Phi) is 2.49. The fraction of sp³-hybridized carbons (Fsp3) is 0. The molecule has 0 atom stereocenters. The lowest BCUT2D eigenvalue weighted by Gasteiger charge is -1.99. The van der Waals surface area contributed by atoms with Gasteiger partial charge in [0.05, 0.1) is 0 Å². The molecule has 88 valence electrons. The van der Waals surface area contributed by atoms with Crippen molar-refractivity contribution in [2.24, 2.45) is 0 Å². The lowest BCUT2D eigenvalue weighted by molar-refractivity contribution is 1.10. The molecule has 0 aliphatic carbocycles. The summed E-state index contributed by atoms with van der Waals surface area (Å²) in [5, 5.41) is 7.08. The zero-order valence-electron chi connectivity index (χ0n) is 9.54. The van der Waals surface area contributed by atoms with Gasteiger partial charge >= 0.3 is 0 Å². The number of rotatable bonds is 2. The topological polar surface area (TPSA) is 80.5 Å². The zero-order valence-corrected chi connectivity index (χ0v) is 9.54. The van der Waals surface area contributed by atoms with Crippen LogP contribution in [0.4, 0.5) is 5.69 Å². The van der Waals surface area contributed by atoms with Crippen LogP contribution in [0.15, 0.2) is 48.8 Å². The van der Waals surface area contributed by atoms with Crippen LogP contribution in [0.3, 0.4) is 0 Å². The van der Waals surface area contributed by atoms with Crippen molar-refractivity contribution in [2.75, 3.05) is 5.73 Å². The van der Waals surface area contributed by atoms with Gasteiger partial charge in [-0.05, 0) is 24.3 Å². The van der Waals surface area contributed by atoms with Gasteiger partial charge in [-0.2, -0.15) is 5.10 Å². The average Bonchev–Trinajstić information content (AvgIpc) is 2.90. The van der Waals surface area contributed by atoms with E-state index in [0.29, 0.717) is 17.3 Å². The molecule has 0 radical (unpaired) electrons. The summed E-state index contributed by atoms with van der Waals surface area (Å²) in [7, 11) is 0. The maximum Gasteiger partial charge on any atom is 0.181 e. The Labute approximate surface area is 104 Å². The van der Waals surface area contributed by atoms with Crippen LogP contribution < -0.4 is 5.73 Å². The number of aromatic nitrogens is 4. The molecule has 3 N–H and O–H groups in total. The predicted molar refractivity (Wildman–Crippen MR) is 69.5 cm³/mol. The van der Waals surface area contributed by atoms with Crippen molar-refractivity contribution < 1.29 is 0 Å². The molecule has 2 aromatic heterocycles. The van der Waals surface area contributed by atoms with Gasteiger partial charge in [-0.15, -0.1) is 0 Å². The van der Waals surface area contributed by atoms with Crippen molar-refractivity contribution in [1.82, 2.24) is 20.2 Å². The molecule has 0 amide bonds. The van der Waals surface area contributed by atoms with Crippen LogP contribution in [0.5, 0.6) is 0 Å². The van der Waals surface area contributed by atoms with E-state index in [1.54, 1.807) is 12.4 Å². The first-order valence-electron chi connectivity index (χ1n) is 5.52. The van der Waals surface area contributed by atoms with Crippen LogP contribution in [0.1, 0.15) is 0 Å². The van der Waals surface area contributed by atoms with E-state index < -0.39 is 0 Å². The monoisotopic (exact) mass is 237 g/mol. The van der Waals surface area contributed by atoms with Crippen molar-refractivity contribution in [3.05, 3.63) is 48.8 Å². The van der Waals surface area contributed by atoms with E-state index in [1.165, 1.54) is 0 Å². The quantitative estimate of drug-likeness (QED) is 0.669. The number of nitrogens with one attached hydrogen (secondary N) is 1. The molecule has 2 heterocycles. The molecule has 0 saturated heterocycles. The second-order valence-electron chi connectivity index (χ2n) is 3.83. The minimum Gasteiger partial charge on any atom is -0.398 e. The maximum absolute atomic E-state index is 5.90. The van der Waals surface area contributed by atoms with Gasteiger partial charge in [0, 0.05) is 29.2 Å². The molecule has 18 heavy (non-hydrogen) atoms. The molecule has 0 bridgehead atoms. The number of nitrogen functional groups attached to an aromatic ring is 1. The van der Waals surface area contributed by atoms with Gasteiger partial charge in [0.2, 0.25) is 0 Å². The number of aromatic amines is 1. The van der Waals surface area contributed by atoms with E-state index in [0.717, 1.165) is 11.1 Å². The molecule has 3 rings (SSSR count). The van der Waals surface area contributed by atoms with Crippen LogP contribution in [0, 0.1) is 0 Å². The Morgan fingerprint density at radius 2 is 1.78 bits per heavy atom. The second kappa shape index (κ2) is 4.29. The van der Waals surface area contributed by atoms with Crippen molar-refractivity contribution >= 4 is 5.69 Å². The molecule has 0 spiro atoms. The standard InChI is InChI=1S/C13H11N5/c14-11-4-2-1-3-10(11)13-16-12(17-18-13)9-5-7-15-8-6-9/h1-8H,14H2,(H,16,17,18). The summed E-state index contributed by atoms with van der Waals surface area (Å²) in [6.45, 7) is 0. The van der Waals surface area contributed by atoms with E-state index >= 15 is 0 Å².